The maximum absolute atomic E-state index is 9.70. The molecule has 4 N–H and O–H groups in total. The van der Waals surface area contributed by atoms with Crippen LogP contribution in [0.3, 0.4) is 0 Å². The van der Waals surface area contributed by atoms with Gasteiger partial charge in [0.25, 0.3) is 6.01 Å². The quantitative estimate of drug-likeness (QED) is 0.707. The molecule has 0 spiro atoms. The fraction of sp³-hybridized carbons (Fsp3) is 0.462. The number of aliphatic hydroxyl groups is 1. The summed E-state index contributed by atoms with van der Waals surface area (Å²) < 4.78 is 5.60. The van der Waals surface area contributed by atoms with E-state index in [9.17, 15) is 5.11 Å². The summed E-state index contributed by atoms with van der Waals surface area (Å²) in [6, 6.07) is 6.11. The maximum atomic E-state index is 9.70. The number of nitrogens with one attached hydrogen (secondary N) is 1. The van der Waals surface area contributed by atoms with Crippen molar-refractivity contribution in [3.8, 4) is 0 Å². The number of anilines is 2. The van der Waals surface area contributed by atoms with E-state index in [2.05, 4.69) is 10.3 Å². The molecule has 2 atom stereocenters. The molecule has 1 heterocycles. The van der Waals surface area contributed by atoms with Crippen molar-refractivity contribution in [1.82, 2.24) is 4.98 Å². The first-order chi connectivity index (χ1) is 8.48. The van der Waals surface area contributed by atoms with Crippen molar-refractivity contribution in [3.63, 3.8) is 0 Å². The number of aromatic nitrogens is 1. The molecular weight excluding hydrogens is 230 g/mol. The Morgan fingerprint density at radius 1 is 1.50 bits per heavy atom. The molecule has 1 aliphatic carbocycles. The Labute approximate surface area is 105 Å². The molecule has 0 amide bonds. The van der Waals surface area contributed by atoms with E-state index in [-0.39, 0.29) is 17.6 Å². The number of aliphatic hydroxyl groups excluding tert-OH is 1. The first kappa shape index (κ1) is 11.3. The number of para-hydroxylation sites is 1. The topological polar surface area (TPSA) is 84.3 Å². The van der Waals surface area contributed by atoms with Crippen LogP contribution in [-0.2, 0) is 0 Å². The SMILES string of the molecule is CC1(C)C(O)CC1Nc1nc2c(N)cccc2o1. The molecule has 1 fully saturated rings. The van der Waals surface area contributed by atoms with Gasteiger partial charge in [-0.15, -0.1) is 0 Å². The molecule has 5 nitrogen and oxygen atoms in total. The van der Waals surface area contributed by atoms with Crippen LogP contribution in [0.5, 0.6) is 0 Å². The monoisotopic (exact) mass is 247 g/mol. The standard InChI is InChI=1S/C13H17N3O2/c1-13(2)9(6-10(13)17)15-12-16-11-7(14)4-3-5-8(11)18-12/h3-5,9-10,17H,6,14H2,1-2H3,(H,15,16). The first-order valence-corrected chi connectivity index (χ1v) is 6.08. The van der Waals surface area contributed by atoms with Crippen LogP contribution < -0.4 is 11.1 Å². The largest absolute Gasteiger partial charge is 0.423 e. The number of hydrogen-bond acceptors (Lipinski definition) is 5. The van der Waals surface area contributed by atoms with E-state index in [0.717, 1.165) is 0 Å². The molecule has 1 aromatic heterocycles. The molecule has 2 unspecified atom stereocenters. The Morgan fingerprint density at radius 2 is 2.28 bits per heavy atom. The predicted molar refractivity (Wildman–Crippen MR) is 70.2 cm³/mol. The highest BCUT2D eigenvalue weighted by atomic mass is 16.4. The van der Waals surface area contributed by atoms with Crippen molar-refractivity contribution in [1.29, 1.82) is 0 Å². The van der Waals surface area contributed by atoms with Gasteiger partial charge in [-0.1, -0.05) is 19.9 Å². The third-order valence-electron chi connectivity index (χ3n) is 3.96. The Kier molecular flexibility index (Phi) is 2.28. The van der Waals surface area contributed by atoms with E-state index >= 15 is 0 Å². The van der Waals surface area contributed by atoms with Crippen molar-refractivity contribution in [2.24, 2.45) is 5.41 Å². The van der Waals surface area contributed by atoms with E-state index in [1.54, 1.807) is 6.07 Å². The molecule has 2 aromatic rings. The summed E-state index contributed by atoms with van der Waals surface area (Å²) in [5.41, 5.74) is 7.63. The second-order valence-corrected chi connectivity index (χ2v) is 5.48. The van der Waals surface area contributed by atoms with Gasteiger partial charge in [0.05, 0.1) is 11.8 Å². The minimum Gasteiger partial charge on any atom is -0.423 e. The van der Waals surface area contributed by atoms with Crippen molar-refractivity contribution in [3.05, 3.63) is 18.2 Å². The summed E-state index contributed by atoms with van der Waals surface area (Å²) >= 11 is 0. The third-order valence-corrected chi connectivity index (χ3v) is 3.96. The summed E-state index contributed by atoms with van der Waals surface area (Å²) in [6.45, 7) is 4.05. The van der Waals surface area contributed by atoms with E-state index in [1.165, 1.54) is 0 Å². The zero-order chi connectivity index (χ0) is 12.9. The highest BCUT2D eigenvalue weighted by molar-refractivity contribution is 5.86. The molecule has 1 aromatic carbocycles. The normalized spacial score (nSPS) is 25.9. The zero-order valence-corrected chi connectivity index (χ0v) is 10.5. The Bertz CT molecular complexity index is 591. The summed E-state index contributed by atoms with van der Waals surface area (Å²) in [7, 11) is 0. The molecule has 5 heteroatoms. The maximum Gasteiger partial charge on any atom is 0.296 e. The van der Waals surface area contributed by atoms with Crippen LogP contribution >= 0.6 is 0 Å². The summed E-state index contributed by atoms with van der Waals surface area (Å²) in [5.74, 6) is 0. The lowest BCUT2D eigenvalue weighted by Gasteiger charge is -2.49. The highest BCUT2D eigenvalue weighted by Crippen LogP contribution is 2.42. The van der Waals surface area contributed by atoms with E-state index in [4.69, 9.17) is 10.2 Å². The number of oxazole rings is 1. The molecule has 0 saturated heterocycles. The van der Waals surface area contributed by atoms with Crippen LogP contribution in [0.4, 0.5) is 11.7 Å². The molecule has 0 aliphatic heterocycles. The number of benzene rings is 1. The zero-order valence-electron chi connectivity index (χ0n) is 10.5. The molecule has 96 valence electrons. The molecule has 18 heavy (non-hydrogen) atoms. The van der Waals surface area contributed by atoms with Crippen molar-refractivity contribution >= 4 is 22.8 Å². The second-order valence-electron chi connectivity index (χ2n) is 5.48. The molecular formula is C13H17N3O2. The van der Waals surface area contributed by atoms with Crippen LogP contribution in [-0.4, -0.2) is 22.2 Å². The number of nitrogens with two attached hydrogens (primary N) is 1. The Balaban J connectivity index is 1.86. The number of hydrogen-bond donors (Lipinski definition) is 3. The van der Waals surface area contributed by atoms with Gasteiger partial charge in [-0.3, -0.25) is 0 Å². The number of nitrogen functional groups attached to an aromatic ring is 1. The molecule has 0 radical (unpaired) electrons. The molecule has 1 aliphatic rings. The van der Waals surface area contributed by atoms with Crippen LogP contribution in [0.25, 0.3) is 11.1 Å². The summed E-state index contributed by atoms with van der Waals surface area (Å²) in [4.78, 5) is 4.34. The number of nitrogens with zero attached hydrogens (tertiary/aromatic N) is 1. The lowest BCUT2D eigenvalue weighted by Crippen LogP contribution is -2.56. The average Bonchev–Trinajstić information content (AvgIpc) is 2.73. The van der Waals surface area contributed by atoms with E-state index < -0.39 is 0 Å². The van der Waals surface area contributed by atoms with Crippen molar-refractivity contribution in [2.45, 2.75) is 32.4 Å². The summed E-state index contributed by atoms with van der Waals surface area (Å²) in [5, 5.41) is 12.9. The van der Waals surface area contributed by atoms with Gasteiger partial charge in [0.1, 0.15) is 5.52 Å². The first-order valence-electron chi connectivity index (χ1n) is 6.08. The van der Waals surface area contributed by atoms with Crippen molar-refractivity contribution < 1.29 is 9.52 Å². The van der Waals surface area contributed by atoms with Crippen LogP contribution in [0.15, 0.2) is 22.6 Å². The van der Waals surface area contributed by atoms with Gasteiger partial charge in [0, 0.05) is 11.5 Å². The Hall–Kier alpha value is -1.75. The van der Waals surface area contributed by atoms with Gasteiger partial charge in [-0.2, -0.15) is 4.98 Å². The fourth-order valence-electron chi connectivity index (χ4n) is 2.33. The Morgan fingerprint density at radius 3 is 2.89 bits per heavy atom. The van der Waals surface area contributed by atoms with Gasteiger partial charge >= 0.3 is 0 Å². The van der Waals surface area contributed by atoms with E-state index in [1.807, 2.05) is 26.0 Å². The summed E-state index contributed by atoms with van der Waals surface area (Å²) in [6.07, 6.45) is 0.436. The smallest absolute Gasteiger partial charge is 0.296 e. The van der Waals surface area contributed by atoms with Gasteiger partial charge in [0.15, 0.2) is 5.58 Å². The predicted octanol–water partition coefficient (Wildman–Crippen LogP) is 1.98. The minimum absolute atomic E-state index is 0.161. The van der Waals surface area contributed by atoms with Crippen LogP contribution in [0, 0.1) is 5.41 Å². The van der Waals surface area contributed by atoms with Crippen LogP contribution in [0.2, 0.25) is 0 Å². The van der Waals surface area contributed by atoms with Crippen LogP contribution in [0.1, 0.15) is 20.3 Å². The minimum atomic E-state index is -0.274. The second kappa shape index (κ2) is 3.62. The number of rotatable bonds is 2. The fourth-order valence-corrected chi connectivity index (χ4v) is 2.33. The third kappa shape index (κ3) is 1.54. The molecule has 1 saturated carbocycles. The van der Waals surface area contributed by atoms with Gasteiger partial charge in [-0.25, -0.2) is 0 Å². The van der Waals surface area contributed by atoms with Gasteiger partial charge < -0.3 is 20.6 Å². The molecule has 3 rings (SSSR count). The highest BCUT2D eigenvalue weighted by Gasteiger charge is 2.47. The van der Waals surface area contributed by atoms with E-state index in [0.29, 0.717) is 29.2 Å². The lowest BCUT2D eigenvalue weighted by molar-refractivity contribution is -0.0516. The van der Waals surface area contributed by atoms with Gasteiger partial charge in [0.2, 0.25) is 0 Å². The molecule has 0 bridgehead atoms. The lowest BCUT2D eigenvalue weighted by atomic mass is 9.65. The average molecular weight is 247 g/mol. The van der Waals surface area contributed by atoms with Crippen molar-refractivity contribution in [2.75, 3.05) is 11.1 Å². The van der Waals surface area contributed by atoms with Gasteiger partial charge in [-0.05, 0) is 18.6 Å². The number of fused-ring (bicyclic) bond motifs is 1.